The molecule has 0 aromatic carbocycles. The number of pyridine rings is 1. The maximum Gasteiger partial charge on any atom is 0.224 e. The summed E-state index contributed by atoms with van der Waals surface area (Å²) in [6.07, 6.45) is 10.3. The molecule has 2 aliphatic rings. The number of rotatable bonds is 7. The minimum atomic E-state index is 0.117. The first-order valence-electron chi connectivity index (χ1n) is 11.3. The van der Waals surface area contributed by atoms with Crippen LogP contribution in [-0.2, 0) is 17.9 Å². The minimum absolute atomic E-state index is 0.117. The second kappa shape index (κ2) is 10.2. The molecule has 0 radical (unpaired) electrons. The van der Waals surface area contributed by atoms with E-state index in [0.29, 0.717) is 12.6 Å². The highest BCUT2D eigenvalue weighted by Gasteiger charge is 2.31. The summed E-state index contributed by atoms with van der Waals surface area (Å²) >= 11 is 0. The van der Waals surface area contributed by atoms with Crippen molar-refractivity contribution in [2.45, 2.75) is 51.7 Å². The Morgan fingerprint density at radius 2 is 2.07 bits per heavy atom. The van der Waals surface area contributed by atoms with Crippen LogP contribution in [0.2, 0.25) is 0 Å². The first-order chi connectivity index (χ1) is 14.7. The zero-order valence-corrected chi connectivity index (χ0v) is 18.0. The van der Waals surface area contributed by atoms with Crippen molar-refractivity contribution in [2.24, 2.45) is 5.92 Å². The van der Waals surface area contributed by atoms with Crippen LogP contribution in [0.3, 0.4) is 0 Å². The number of hydrogen-bond acceptors (Lipinski definition) is 5. The molecule has 1 N–H and O–H groups in total. The molecule has 4 heterocycles. The summed E-state index contributed by atoms with van der Waals surface area (Å²) in [5.41, 5.74) is 2.30. The van der Waals surface area contributed by atoms with Crippen molar-refractivity contribution in [2.75, 3.05) is 32.7 Å². The molecule has 4 rings (SSSR count). The van der Waals surface area contributed by atoms with E-state index in [1.807, 2.05) is 42.3 Å². The molecule has 162 valence electrons. The lowest BCUT2D eigenvalue weighted by Crippen LogP contribution is -2.50. The van der Waals surface area contributed by atoms with E-state index in [4.69, 9.17) is 0 Å². The molecule has 2 saturated heterocycles. The summed E-state index contributed by atoms with van der Waals surface area (Å²) < 4.78 is 1.89. The number of aromatic nitrogens is 3. The van der Waals surface area contributed by atoms with Crippen molar-refractivity contribution in [1.29, 1.82) is 0 Å². The van der Waals surface area contributed by atoms with Gasteiger partial charge in [-0.1, -0.05) is 6.07 Å². The number of nitrogens with zero attached hydrogens (tertiary/aromatic N) is 5. The molecule has 2 aliphatic heterocycles. The molecule has 0 bridgehead atoms. The molecule has 0 spiro atoms. The Bertz CT molecular complexity index is 799. The van der Waals surface area contributed by atoms with Crippen LogP contribution in [0.4, 0.5) is 0 Å². The lowest BCUT2D eigenvalue weighted by molar-refractivity contribution is -0.127. The normalized spacial score (nSPS) is 21.6. The number of aryl methyl sites for hydroxylation is 1. The van der Waals surface area contributed by atoms with E-state index in [2.05, 4.69) is 31.3 Å². The monoisotopic (exact) mass is 410 g/mol. The molecule has 7 nitrogen and oxygen atoms in total. The lowest BCUT2D eigenvalue weighted by atomic mass is 9.93. The Balaban J connectivity index is 1.19. The van der Waals surface area contributed by atoms with Crippen LogP contribution < -0.4 is 5.32 Å². The second-order valence-electron chi connectivity index (χ2n) is 8.71. The number of nitrogens with one attached hydrogen (secondary N) is 1. The first-order valence-corrected chi connectivity index (χ1v) is 11.3. The van der Waals surface area contributed by atoms with Gasteiger partial charge in [0.05, 0.1) is 18.2 Å². The van der Waals surface area contributed by atoms with Gasteiger partial charge in [-0.3, -0.25) is 24.3 Å². The van der Waals surface area contributed by atoms with E-state index in [1.165, 1.54) is 18.4 Å². The summed E-state index contributed by atoms with van der Waals surface area (Å²) in [4.78, 5) is 22.0. The second-order valence-corrected chi connectivity index (χ2v) is 8.71. The predicted octanol–water partition coefficient (Wildman–Crippen LogP) is 2.08. The Morgan fingerprint density at radius 1 is 1.20 bits per heavy atom. The van der Waals surface area contributed by atoms with E-state index < -0.39 is 0 Å². The van der Waals surface area contributed by atoms with E-state index in [1.54, 1.807) is 0 Å². The molecular weight excluding hydrogens is 376 g/mol. The van der Waals surface area contributed by atoms with Crippen LogP contribution in [0.25, 0.3) is 0 Å². The van der Waals surface area contributed by atoms with Gasteiger partial charge in [-0.05, 0) is 69.9 Å². The van der Waals surface area contributed by atoms with Gasteiger partial charge < -0.3 is 5.32 Å². The van der Waals surface area contributed by atoms with Crippen molar-refractivity contribution in [1.82, 2.24) is 29.9 Å². The summed E-state index contributed by atoms with van der Waals surface area (Å²) in [5.74, 6) is 0.323. The molecule has 30 heavy (non-hydrogen) atoms. The maximum absolute atomic E-state index is 12.7. The minimum Gasteiger partial charge on any atom is -0.354 e. The van der Waals surface area contributed by atoms with Crippen molar-refractivity contribution in [3.8, 4) is 0 Å². The van der Waals surface area contributed by atoms with Crippen LogP contribution in [0.5, 0.6) is 0 Å². The highest BCUT2D eigenvalue weighted by atomic mass is 16.1. The fourth-order valence-electron chi connectivity index (χ4n) is 4.77. The van der Waals surface area contributed by atoms with Crippen molar-refractivity contribution >= 4 is 5.91 Å². The van der Waals surface area contributed by atoms with Gasteiger partial charge in [0.1, 0.15) is 0 Å². The molecule has 2 aromatic rings. The smallest absolute Gasteiger partial charge is 0.224 e. The fourth-order valence-corrected chi connectivity index (χ4v) is 4.77. The molecule has 2 fully saturated rings. The maximum atomic E-state index is 12.7. The number of carbonyl (C=O) groups excluding carboxylic acids is 1. The largest absolute Gasteiger partial charge is 0.354 e. The molecular formula is C23H34N6O. The summed E-state index contributed by atoms with van der Waals surface area (Å²) in [7, 11) is 0. The number of likely N-dealkylation sites (tertiary alicyclic amines) is 2. The molecule has 0 aliphatic carbocycles. The fraction of sp³-hybridized carbons (Fsp3) is 0.609. The third-order valence-electron chi connectivity index (χ3n) is 6.44. The van der Waals surface area contributed by atoms with Crippen molar-refractivity contribution < 1.29 is 4.79 Å². The van der Waals surface area contributed by atoms with Gasteiger partial charge in [0, 0.05) is 44.3 Å². The molecule has 1 amide bonds. The van der Waals surface area contributed by atoms with Gasteiger partial charge >= 0.3 is 0 Å². The topological polar surface area (TPSA) is 66.3 Å². The molecule has 0 saturated carbocycles. The average Bonchev–Trinajstić information content (AvgIpc) is 3.20. The quantitative estimate of drug-likeness (QED) is 0.757. The standard InChI is InChI=1S/C23H34N6O/c1-19-6-14-29(26-19)15-10-25-23(30)21-5-3-11-28(18-21)22-7-12-27(13-8-22)17-20-4-2-9-24-16-20/h2,4,6,9,14,16,21-22H,3,5,7-8,10-13,15,17-18H2,1H3,(H,25,30)/t21-/m1/s1. The van der Waals surface area contributed by atoms with Crippen LogP contribution in [-0.4, -0.2) is 69.2 Å². The van der Waals surface area contributed by atoms with Gasteiger partial charge in [0.15, 0.2) is 0 Å². The van der Waals surface area contributed by atoms with Gasteiger partial charge in [-0.15, -0.1) is 0 Å². The van der Waals surface area contributed by atoms with Crippen LogP contribution in [0, 0.1) is 12.8 Å². The first kappa shape index (κ1) is 21.0. The number of carbonyl (C=O) groups is 1. The number of amides is 1. The van der Waals surface area contributed by atoms with E-state index in [0.717, 1.165) is 57.8 Å². The molecule has 2 aromatic heterocycles. The van der Waals surface area contributed by atoms with E-state index in [-0.39, 0.29) is 11.8 Å². The average molecular weight is 411 g/mol. The lowest BCUT2D eigenvalue weighted by Gasteiger charge is -2.42. The Hall–Kier alpha value is -2.25. The van der Waals surface area contributed by atoms with Gasteiger partial charge in [-0.25, -0.2) is 0 Å². The van der Waals surface area contributed by atoms with Gasteiger partial charge in [-0.2, -0.15) is 5.10 Å². The van der Waals surface area contributed by atoms with E-state index in [9.17, 15) is 4.79 Å². The van der Waals surface area contributed by atoms with Crippen molar-refractivity contribution in [3.63, 3.8) is 0 Å². The third kappa shape index (κ3) is 5.67. The van der Waals surface area contributed by atoms with Crippen LogP contribution >= 0.6 is 0 Å². The Labute approximate surface area is 179 Å². The van der Waals surface area contributed by atoms with Crippen molar-refractivity contribution in [3.05, 3.63) is 48.0 Å². The number of piperidine rings is 2. The zero-order chi connectivity index (χ0) is 20.8. The summed E-state index contributed by atoms with van der Waals surface area (Å²) in [6.45, 7) is 8.61. The highest BCUT2D eigenvalue weighted by molar-refractivity contribution is 5.78. The van der Waals surface area contributed by atoms with E-state index >= 15 is 0 Å². The van der Waals surface area contributed by atoms with Crippen LogP contribution in [0.1, 0.15) is 36.9 Å². The van der Waals surface area contributed by atoms with Crippen LogP contribution in [0.15, 0.2) is 36.8 Å². The van der Waals surface area contributed by atoms with Gasteiger partial charge in [0.2, 0.25) is 5.91 Å². The SMILES string of the molecule is Cc1ccn(CCNC(=O)[C@@H]2CCCN(C3CCN(Cc4cccnc4)CC3)C2)n1. The predicted molar refractivity (Wildman–Crippen MR) is 117 cm³/mol. The molecule has 7 heteroatoms. The summed E-state index contributed by atoms with van der Waals surface area (Å²) in [5, 5.41) is 7.50. The number of hydrogen-bond donors (Lipinski definition) is 1. The molecule has 1 atom stereocenters. The molecule has 0 unspecified atom stereocenters. The summed E-state index contributed by atoms with van der Waals surface area (Å²) in [6, 6.07) is 6.76. The van der Waals surface area contributed by atoms with Gasteiger partial charge in [0.25, 0.3) is 0 Å². The Morgan fingerprint density at radius 3 is 2.80 bits per heavy atom. The highest BCUT2D eigenvalue weighted by Crippen LogP contribution is 2.24. The zero-order valence-electron chi connectivity index (χ0n) is 18.0. The third-order valence-corrected chi connectivity index (χ3v) is 6.44. The Kier molecular flexibility index (Phi) is 7.12.